The maximum absolute atomic E-state index is 12.4. The van der Waals surface area contributed by atoms with Crippen LogP contribution in [0, 0.1) is 0 Å². The Kier molecular flexibility index (Phi) is 5.76. The second kappa shape index (κ2) is 9.16. The Labute approximate surface area is 191 Å². The maximum atomic E-state index is 12.4. The van der Waals surface area contributed by atoms with Crippen LogP contribution in [0.15, 0.2) is 73.1 Å². The van der Waals surface area contributed by atoms with E-state index in [1.54, 1.807) is 6.07 Å². The molecule has 3 N–H and O–H groups in total. The molecule has 0 bridgehead atoms. The number of aryl methyl sites for hydroxylation is 1. The molecule has 5 rings (SSSR count). The van der Waals surface area contributed by atoms with E-state index in [9.17, 15) is 9.59 Å². The van der Waals surface area contributed by atoms with Crippen LogP contribution < -0.4 is 16.0 Å². The SMILES string of the molecule is O=C1CCCc2cc(NC(=O)NCc3ccc(Cn4cnc5ccccc54)cc3)ccc2N1. The minimum atomic E-state index is -0.262. The smallest absolute Gasteiger partial charge is 0.319 e. The summed E-state index contributed by atoms with van der Waals surface area (Å²) >= 11 is 0. The van der Waals surface area contributed by atoms with Gasteiger partial charge in [0, 0.05) is 30.9 Å². The van der Waals surface area contributed by atoms with Gasteiger partial charge in [0.25, 0.3) is 0 Å². The van der Waals surface area contributed by atoms with E-state index in [1.165, 1.54) is 5.56 Å². The molecule has 1 aromatic heterocycles. The van der Waals surface area contributed by atoms with Gasteiger partial charge in [0.2, 0.25) is 5.91 Å². The average Bonchev–Trinajstić information content (AvgIpc) is 3.13. The number of hydrogen-bond donors (Lipinski definition) is 3. The summed E-state index contributed by atoms with van der Waals surface area (Å²) in [6.45, 7) is 1.18. The van der Waals surface area contributed by atoms with Crippen molar-refractivity contribution in [3.05, 3.63) is 89.7 Å². The van der Waals surface area contributed by atoms with Gasteiger partial charge >= 0.3 is 6.03 Å². The zero-order valence-electron chi connectivity index (χ0n) is 18.2. The number of carbonyl (C=O) groups excluding carboxylic acids is 2. The maximum Gasteiger partial charge on any atom is 0.319 e. The van der Waals surface area contributed by atoms with Crippen molar-refractivity contribution >= 4 is 34.3 Å². The number of fused-ring (bicyclic) bond motifs is 2. The fraction of sp³-hybridized carbons (Fsp3) is 0.192. The van der Waals surface area contributed by atoms with Crippen LogP contribution >= 0.6 is 0 Å². The van der Waals surface area contributed by atoms with E-state index < -0.39 is 0 Å². The zero-order valence-corrected chi connectivity index (χ0v) is 18.2. The van der Waals surface area contributed by atoms with Crippen molar-refractivity contribution in [2.75, 3.05) is 10.6 Å². The zero-order chi connectivity index (χ0) is 22.6. The molecule has 0 saturated heterocycles. The quantitative estimate of drug-likeness (QED) is 0.422. The summed E-state index contributed by atoms with van der Waals surface area (Å²) in [5, 5.41) is 8.68. The molecule has 3 amide bonds. The van der Waals surface area contributed by atoms with E-state index in [2.05, 4.69) is 43.7 Å². The van der Waals surface area contributed by atoms with Gasteiger partial charge in [-0.25, -0.2) is 9.78 Å². The molecule has 0 spiro atoms. The highest BCUT2D eigenvalue weighted by molar-refractivity contribution is 5.94. The van der Waals surface area contributed by atoms with E-state index in [-0.39, 0.29) is 11.9 Å². The Morgan fingerprint density at radius 2 is 1.82 bits per heavy atom. The summed E-state index contributed by atoms with van der Waals surface area (Å²) in [6, 6.07) is 21.6. The third kappa shape index (κ3) is 4.87. The summed E-state index contributed by atoms with van der Waals surface area (Å²) in [5.41, 5.74) is 6.87. The lowest BCUT2D eigenvalue weighted by Gasteiger charge is -2.12. The first-order valence-electron chi connectivity index (χ1n) is 11.1. The Hall–Kier alpha value is -4.13. The van der Waals surface area contributed by atoms with Gasteiger partial charge in [0.1, 0.15) is 0 Å². The molecule has 0 aliphatic carbocycles. The Bertz CT molecular complexity index is 1310. The molecule has 7 nitrogen and oxygen atoms in total. The third-order valence-electron chi connectivity index (χ3n) is 5.84. The first kappa shape index (κ1) is 20.8. The van der Waals surface area contributed by atoms with E-state index >= 15 is 0 Å². The Morgan fingerprint density at radius 1 is 1.00 bits per heavy atom. The summed E-state index contributed by atoms with van der Waals surface area (Å²) < 4.78 is 2.13. The number of anilines is 2. The highest BCUT2D eigenvalue weighted by Crippen LogP contribution is 2.25. The normalized spacial score (nSPS) is 13.2. The predicted molar refractivity (Wildman–Crippen MR) is 129 cm³/mol. The third-order valence-corrected chi connectivity index (χ3v) is 5.84. The summed E-state index contributed by atoms with van der Waals surface area (Å²) in [4.78, 5) is 28.5. The van der Waals surface area contributed by atoms with Gasteiger partial charge in [-0.15, -0.1) is 0 Å². The van der Waals surface area contributed by atoms with Crippen molar-refractivity contribution in [1.82, 2.24) is 14.9 Å². The number of imidazole rings is 1. The average molecular weight is 440 g/mol. The lowest BCUT2D eigenvalue weighted by molar-refractivity contribution is -0.116. The van der Waals surface area contributed by atoms with E-state index in [0.717, 1.165) is 47.2 Å². The minimum Gasteiger partial charge on any atom is -0.334 e. The van der Waals surface area contributed by atoms with Gasteiger partial charge in [-0.1, -0.05) is 36.4 Å². The van der Waals surface area contributed by atoms with Crippen LogP contribution in [0.3, 0.4) is 0 Å². The lowest BCUT2D eigenvalue weighted by atomic mass is 10.1. The number of urea groups is 1. The largest absolute Gasteiger partial charge is 0.334 e. The summed E-state index contributed by atoms with van der Waals surface area (Å²) in [7, 11) is 0. The van der Waals surface area contributed by atoms with Crippen LogP contribution in [0.5, 0.6) is 0 Å². The molecule has 0 radical (unpaired) electrons. The number of aromatic nitrogens is 2. The summed E-state index contributed by atoms with van der Waals surface area (Å²) in [6.07, 6.45) is 4.00. The molecule has 1 aliphatic rings. The van der Waals surface area contributed by atoms with Gasteiger partial charge in [-0.2, -0.15) is 0 Å². The molecule has 7 heteroatoms. The second-order valence-electron chi connectivity index (χ2n) is 8.26. The van der Waals surface area contributed by atoms with Crippen LogP contribution in [0.1, 0.15) is 29.5 Å². The fourth-order valence-electron chi connectivity index (χ4n) is 4.11. The number of benzene rings is 3. The van der Waals surface area contributed by atoms with Gasteiger partial charge in [0.05, 0.1) is 17.4 Å². The first-order valence-corrected chi connectivity index (χ1v) is 11.1. The number of amides is 3. The second-order valence-corrected chi connectivity index (χ2v) is 8.26. The molecule has 33 heavy (non-hydrogen) atoms. The van der Waals surface area contributed by atoms with Crippen molar-refractivity contribution in [2.24, 2.45) is 0 Å². The highest BCUT2D eigenvalue weighted by Gasteiger charge is 2.13. The van der Waals surface area contributed by atoms with Crippen molar-refractivity contribution in [1.29, 1.82) is 0 Å². The van der Waals surface area contributed by atoms with Crippen LogP contribution in [0.4, 0.5) is 16.2 Å². The molecule has 0 atom stereocenters. The number of hydrogen-bond acceptors (Lipinski definition) is 3. The molecule has 1 aliphatic heterocycles. The molecule has 0 fully saturated rings. The van der Waals surface area contributed by atoms with E-state index in [0.29, 0.717) is 18.7 Å². The predicted octanol–water partition coefficient (Wildman–Crippen LogP) is 4.68. The molecular weight excluding hydrogens is 414 g/mol. The number of nitrogens with one attached hydrogen (secondary N) is 3. The van der Waals surface area contributed by atoms with Gasteiger partial charge in [-0.05, 0) is 59.9 Å². The summed E-state index contributed by atoms with van der Waals surface area (Å²) in [5.74, 6) is 0.0385. The van der Waals surface area contributed by atoms with Gasteiger partial charge in [0.15, 0.2) is 0 Å². The Morgan fingerprint density at radius 3 is 2.70 bits per heavy atom. The van der Waals surface area contributed by atoms with Gasteiger partial charge < -0.3 is 20.5 Å². The molecule has 166 valence electrons. The standard InChI is InChI=1S/C26H25N5O2/c32-25-7-3-4-20-14-21(12-13-22(20)30-25)29-26(33)27-15-18-8-10-19(11-9-18)16-31-17-28-23-5-1-2-6-24(23)31/h1-2,5-6,8-14,17H,3-4,7,15-16H2,(H,30,32)(H2,27,29,33). The number of carbonyl (C=O) groups is 2. The number of rotatable bonds is 5. The van der Waals surface area contributed by atoms with Crippen LogP contribution in [-0.2, 0) is 24.3 Å². The topological polar surface area (TPSA) is 88.1 Å². The van der Waals surface area contributed by atoms with Crippen LogP contribution in [0.25, 0.3) is 11.0 Å². The molecule has 3 aromatic carbocycles. The minimum absolute atomic E-state index is 0.0385. The first-order chi connectivity index (χ1) is 16.1. The van der Waals surface area contributed by atoms with Crippen molar-refractivity contribution < 1.29 is 9.59 Å². The van der Waals surface area contributed by atoms with Gasteiger partial charge in [-0.3, -0.25) is 4.79 Å². The van der Waals surface area contributed by atoms with Crippen molar-refractivity contribution in [3.8, 4) is 0 Å². The van der Waals surface area contributed by atoms with Crippen molar-refractivity contribution in [2.45, 2.75) is 32.4 Å². The molecule has 2 heterocycles. The van der Waals surface area contributed by atoms with Crippen LogP contribution in [0.2, 0.25) is 0 Å². The molecule has 4 aromatic rings. The lowest BCUT2D eigenvalue weighted by Crippen LogP contribution is -2.28. The Balaban J connectivity index is 1.16. The highest BCUT2D eigenvalue weighted by atomic mass is 16.2. The molecule has 0 saturated carbocycles. The van der Waals surface area contributed by atoms with Crippen molar-refractivity contribution in [3.63, 3.8) is 0 Å². The van der Waals surface area contributed by atoms with E-state index in [4.69, 9.17) is 0 Å². The fourth-order valence-corrected chi connectivity index (χ4v) is 4.11. The number of para-hydroxylation sites is 2. The number of nitrogens with zero attached hydrogens (tertiary/aromatic N) is 2. The molecular formula is C26H25N5O2. The molecule has 0 unspecified atom stereocenters. The van der Waals surface area contributed by atoms with E-state index in [1.807, 2.05) is 48.8 Å². The monoisotopic (exact) mass is 439 g/mol. The van der Waals surface area contributed by atoms with Crippen LogP contribution in [-0.4, -0.2) is 21.5 Å².